The molecule has 29 heavy (non-hydrogen) atoms. The summed E-state index contributed by atoms with van der Waals surface area (Å²) in [7, 11) is 1.47. The van der Waals surface area contributed by atoms with Crippen molar-refractivity contribution in [2.75, 3.05) is 13.7 Å². The number of nitrogens with zero attached hydrogens (tertiary/aromatic N) is 2. The Morgan fingerprint density at radius 2 is 2.10 bits per heavy atom. The van der Waals surface area contributed by atoms with Gasteiger partial charge < -0.3 is 15.2 Å². The van der Waals surface area contributed by atoms with Crippen LogP contribution in [0.4, 0.5) is 17.6 Å². The highest BCUT2D eigenvalue weighted by atomic mass is 19.3. The van der Waals surface area contributed by atoms with E-state index in [9.17, 15) is 22.4 Å². The molecule has 1 heterocycles. The van der Waals surface area contributed by atoms with Crippen molar-refractivity contribution in [1.29, 1.82) is 0 Å². The summed E-state index contributed by atoms with van der Waals surface area (Å²) in [4.78, 5) is 18.7. The molecule has 2 N–H and O–H groups in total. The van der Waals surface area contributed by atoms with Gasteiger partial charge in [0.2, 0.25) is 0 Å². The number of benzene rings is 1. The second-order valence-electron chi connectivity index (χ2n) is 6.52. The van der Waals surface area contributed by atoms with Gasteiger partial charge in [-0.05, 0) is 36.3 Å². The van der Waals surface area contributed by atoms with Gasteiger partial charge in [-0.15, -0.1) is 0 Å². The highest BCUT2D eigenvalue weighted by Crippen LogP contribution is 2.44. The number of carbonyl (C=O) groups is 1. The van der Waals surface area contributed by atoms with Gasteiger partial charge in [0.1, 0.15) is 18.1 Å². The summed E-state index contributed by atoms with van der Waals surface area (Å²) in [5.41, 5.74) is 4.79. The van der Waals surface area contributed by atoms with Gasteiger partial charge in [0.15, 0.2) is 11.5 Å². The minimum atomic E-state index is -2.96. The molecule has 1 aliphatic heterocycles. The first-order valence-electron chi connectivity index (χ1n) is 8.72. The predicted molar refractivity (Wildman–Crippen MR) is 96.4 cm³/mol. The van der Waals surface area contributed by atoms with Crippen LogP contribution in [-0.2, 0) is 15.1 Å². The van der Waals surface area contributed by atoms with Crippen LogP contribution >= 0.6 is 0 Å². The summed E-state index contributed by atoms with van der Waals surface area (Å²) in [6.07, 6.45) is 1.86. The average molecular weight is 413 g/mol. The largest absolute Gasteiger partial charge is 0.488 e. The van der Waals surface area contributed by atoms with E-state index in [-0.39, 0.29) is 23.9 Å². The Labute approximate surface area is 164 Å². The van der Waals surface area contributed by atoms with E-state index in [0.29, 0.717) is 5.56 Å². The highest BCUT2D eigenvalue weighted by Gasteiger charge is 2.52. The zero-order chi connectivity index (χ0) is 21.2. The second-order valence-corrected chi connectivity index (χ2v) is 6.52. The Morgan fingerprint density at radius 1 is 1.34 bits per heavy atom. The molecule has 0 aromatic heterocycles. The predicted octanol–water partition coefficient (Wildman–Crippen LogP) is 3.01. The van der Waals surface area contributed by atoms with Gasteiger partial charge in [-0.1, -0.05) is 18.2 Å². The minimum Gasteiger partial charge on any atom is -0.488 e. The third-order valence-electron chi connectivity index (χ3n) is 4.74. The molecule has 1 unspecified atom stereocenters. The summed E-state index contributed by atoms with van der Waals surface area (Å²) in [6, 6.07) is 6.12. The Bertz CT molecular complexity index is 872. The number of likely N-dealkylation sites (N-methyl/N-ethyl adjacent to an activating group) is 1. The molecule has 156 valence electrons. The number of carbonyl (C=O) groups excluding carboxylic acids is 1. The van der Waals surface area contributed by atoms with Crippen LogP contribution in [0.15, 0.2) is 53.2 Å². The van der Waals surface area contributed by atoms with E-state index >= 15 is 0 Å². The minimum absolute atomic E-state index is 0.0130. The van der Waals surface area contributed by atoms with Crippen LogP contribution in [0.5, 0.6) is 5.75 Å². The quantitative estimate of drug-likeness (QED) is 0.698. The fourth-order valence-electron chi connectivity index (χ4n) is 3.39. The number of aliphatic imine (C=N–C) groups is 1. The van der Waals surface area contributed by atoms with Crippen LogP contribution in [0.3, 0.4) is 0 Å². The van der Waals surface area contributed by atoms with Gasteiger partial charge in [-0.25, -0.2) is 13.8 Å². The average Bonchev–Trinajstić information content (AvgIpc) is 2.92. The molecular weight excluding hydrogens is 394 g/mol. The Kier molecular flexibility index (Phi) is 5.81. The maximum atomic E-state index is 13.1. The maximum absolute atomic E-state index is 13.1. The molecule has 1 aromatic carbocycles. The fraction of sp³-hybridized carbons (Fsp3) is 0.368. The van der Waals surface area contributed by atoms with Crippen molar-refractivity contribution < 1.29 is 31.8 Å². The number of hydrogen-bond donors (Lipinski definition) is 1. The maximum Gasteiger partial charge on any atom is 0.387 e. The standard InChI is InChI=1S/C19H19F4N3O3/c1-26-16(27)19(25-18(26)24,11-5-7-13(8-6-11)29-17(22)23)12-3-2-4-14(9-12)28-10-15(20)21/h2-5,7-9,11,15,17H,6,10H2,1H3,(H2,24,25)/t11?,19-/m1/s1. The van der Waals surface area contributed by atoms with Crippen molar-refractivity contribution in [1.82, 2.24) is 4.90 Å². The lowest BCUT2D eigenvalue weighted by Crippen LogP contribution is -2.44. The van der Waals surface area contributed by atoms with Crippen LogP contribution in [0.25, 0.3) is 0 Å². The zero-order valence-corrected chi connectivity index (χ0v) is 15.4. The van der Waals surface area contributed by atoms with Gasteiger partial charge in [-0.2, -0.15) is 8.78 Å². The summed E-state index contributed by atoms with van der Waals surface area (Å²) in [5, 5.41) is 0. The molecule has 0 fully saturated rings. The molecular formula is C19H19F4N3O3. The lowest BCUT2D eigenvalue weighted by molar-refractivity contribution is -0.132. The number of guanidine groups is 1. The van der Waals surface area contributed by atoms with Crippen LogP contribution < -0.4 is 10.5 Å². The number of alkyl halides is 4. The number of rotatable bonds is 7. The summed E-state index contributed by atoms with van der Waals surface area (Å²) in [6.45, 7) is -3.76. The number of allylic oxidation sites excluding steroid dienone is 2. The fourth-order valence-corrected chi connectivity index (χ4v) is 3.39. The lowest BCUT2D eigenvalue weighted by atomic mass is 9.74. The van der Waals surface area contributed by atoms with E-state index < -0.39 is 37.0 Å². The first kappa shape index (κ1) is 20.7. The molecule has 3 rings (SSSR count). The normalized spacial score (nSPS) is 24.2. The molecule has 0 radical (unpaired) electrons. The monoisotopic (exact) mass is 413 g/mol. The van der Waals surface area contributed by atoms with Crippen LogP contribution in [-0.4, -0.2) is 43.5 Å². The Morgan fingerprint density at radius 3 is 2.66 bits per heavy atom. The molecule has 2 atom stereocenters. The topological polar surface area (TPSA) is 77.2 Å². The third-order valence-corrected chi connectivity index (χ3v) is 4.74. The molecule has 0 saturated heterocycles. The molecule has 0 bridgehead atoms. The number of nitrogens with two attached hydrogens (primary N) is 1. The van der Waals surface area contributed by atoms with Crippen molar-refractivity contribution in [3.63, 3.8) is 0 Å². The van der Waals surface area contributed by atoms with Crippen molar-refractivity contribution in [3.05, 3.63) is 53.8 Å². The van der Waals surface area contributed by atoms with E-state index in [2.05, 4.69) is 9.73 Å². The van der Waals surface area contributed by atoms with Gasteiger partial charge in [0.25, 0.3) is 12.3 Å². The van der Waals surface area contributed by atoms with Crippen molar-refractivity contribution >= 4 is 11.9 Å². The number of halogens is 4. The summed E-state index contributed by atoms with van der Waals surface area (Å²) >= 11 is 0. The second kappa shape index (κ2) is 8.14. The van der Waals surface area contributed by atoms with Gasteiger partial charge >= 0.3 is 6.61 Å². The number of hydrogen-bond acceptors (Lipinski definition) is 5. The molecule has 2 aliphatic rings. The smallest absolute Gasteiger partial charge is 0.387 e. The van der Waals surface area contributed by atoms with Gasteiger partial charge in [0.05, 0.1) is 0 Å². The van der Waals surface area contributed by atoms with Gasteiger partial charge in [-0.3, -0.25) is 9.69 Å². The van der Waals surface area contributed by atoms with Crippen LogP contribution in [0.2, 0.25) is 0 Å². The van der Waals surface area contributed by atoms with Crippen molar-refractivity contribution in [2.45, 2.75) is 25.0 Å². The molecule has 1 aliphatic carbocycles. The molecule has 1 amide bonds. The number of ether oxygens (including phenoxy) is 2. The summed E-state index contributed by atoms with van der Waals surface area (Å²) < 4.78 is 59.3. The Hall–Kier alpha value is -3.04. The summed E-state index contributed by atoms with van der Waals surface area (Å²) in [5.74, 6) is -0.872. The van der Waals surface area contributed by atoms with E-state index in [1.54, 1.807) is 18.2 Å². The molecule has 0 saturated carbocycles. The first-order valence-corrected chi connectivity index (χ1v) is 8.72. The van der Waals surface area contributed by atoms with Crippen molar-refractivity contribution in [2.24, 2.45) is 16.6 Å². The zero-order valence-electron chi connectivity index (χ0n) is 15.4. The molecule has 1 aromatic rings. The Balaban J connectivity index is 1.98. The molecule has 6 nitrogen and oxygen atoms in total. The highest BCUT2D eigenvalue weighted by molar-refractivity contribution is 6.07. The van der Waals surface area contributed by atoms with Gasteiger partial charge in [0, 0.05) is 13.0 Å². The number of amides is 1. The third kappa shape index (κ3) is 4.06. The molecule has 0 spiro atoms. The van der Waals surface area contributed by atoms with E-state index in [1.807, 2.05) is 0 Å². The lowest BCUT2D eigenvalue weighted by Gasteiger charge is -2.33. The van der Waals surface area contributed by atoms with Crippen LogP contribution in [0, 0.1) is 5.92 Å². The van der Waals surface area contributed by atoms with E-state index in [4.69, 9.17) is 10.5 Å². The molecule has 10 heteroatoms. The van der Waals surface area contributed by atoms with Crippen molar-refractivity contribution in [3.8, 4) is 5.75 Å². The van der Waals surface area contributed by atoms with E-state index in [0.717, 1.165) is 0 Å². The first-order chi connectivity index (χ1) is 13.7. The van der Waals surface area contributed by atoms with E-state index in [1.165, 1.54) is 36.2 Å². The SMILES string of the molecule is CN1C(=O)[C@](c2cccc(OCC(F)F)c2)(C2C=CC(OC(F)F)=CC2)N=C1N. The van der Waals surface area contributed by atoms with Crippen LogP contribution in [0.1, 0.15) is 12.0 Å².